The molecule has 2 heterocycles. The first-order valence-corrected chi connectivity index (χ1v) is 16.9. The number of para-hydroxylation sites is 1. The summed E-state index contributed by atoms with van der Waals surface area (Å²) in [4.78, 5) is 38.8. The van der Waals surface area contributed by atoms with Crippen molar-refractivity contribution in [3.05, 3.63) is 62.9 Å². The predicted octanol–water partition coefficient (Wildman–Crippen LogP) is 1.77. The molecule has 0 amide bonds. The minimum absolute atomic E-state index is 0.00327. The predicted molar refractivity (Wildman–Crippen MR) is 141 cm³/mol. The van der Waals surface area contributed by atoms with Crippen molar-refractivity contribution < 1.29 is 33.0 Å². The molecule has 4 unspecified atom stereocenters. The number of hydrogen-bond acceptors (Lipinski definition) is 9. The number of H-pyrrole nitrogens is 1. The maximum Gasteiger partial charge on any atom is 0.459 e. The second-order valence-corrected chi connectivity index (χ2v) is 16.2. The fourth-order valence-corrected chi connectivity index (χ4v) is 5.44. The van der Waals surface area contributed by atoms with Crippen molar-refractivity contribution in [3.63, 3.8) is 0 Å². The van der Waals surface area contributed by atoms with Crippen LogP contribution in [-0.2, 0) is 23.4 Å². The minimum atomic E-state index is -4.16. The van der Waals surface area contributed by atoms with Gasteiger partial charge in [-0.3, -0.25) is 23.7 Å². The number of aromatic amines is 1. The van der Waals surface area contributed by atoms with E-state index in [9.17, 15) is 24.1 Å². The summed E-state index contributed by atoms with van der Waals surface area (Å²) in [5.74, 6) is 2.37. The number of aliphatic hydroxyl groups is 1. The Morgan fingerprint density at radius 1 is 1.32 bits per heavy atom. The van der Waals surface area contributed by atoms with E-state index in [2.05, 4.69) is 26.3 Å². The summed E-state index contributed by atoms with van der Waals surface area (Å²) in [5, 5.41) is 13.1. The number of nitrogens with one attached hydrogen (secondary N) is 2. The number of ether oxygens (including phenoxy) is 2. The molecule has 1 fully saturated rings. The standard InChI is InChI=1S/C24H32N3O9PSi/c1-16(23(30)33-2)26-37(32,36-18-9-7-6-8-10-18)34-15-20-19(28)13-21(35-20)27-14-17(11-12-38(3,4)5)22(29)25-24(27)31/h6-10,14,16,19-21,28H,13,15H2,1-5H3,(H,26,32)(H,25,29,31)/t16-,19?,20?,21?,37?/m0/s1. The number of esters is 1. The average molecular weight is 566 g/mol. The number of carbonyl (C=O) groups is 1. The van der Waals surface area contributed by atoms with E-state index in [4.69, 9.17) is 13.8 Å². The van der Waals surface area contributed by atoms with E-state index in [0.717, 1.165) is 4.57 Å². The smallest absolute Gasteiger partial charge is 0.459 e. The summed E-state index contributed by atoms with van der Waals surface area (Å²) in [6.45, 7) is 7.09. The molecular weight excluding hydrogens is 533 g/mol. The molecule has 1 aromatic heterocycles. The van der Waals surface area contributed by atoms with Crippen LogP contribution in [-0.4, -0.2) is 60.7 Å². The van der Waals surface area contributed by atoms with Crippen LogP contribution in [0.4, 0.5) is 0 Å². The molecule has 1 saturated heterocycles. The van der Waals surface area contributed by atoms with Crippen molar-refractivity contribution in [1.82, 2.24) is 14.6 Å². The fourth-order valence-electron chi connectivity index (χ4n) is 3.43. The van der Waals surface area contributed by atoms with Crippen molar-refractivity contribution >= 4 is 21.8 Å². The highest BCUT2D eigenvalue weighted by molar-refractivity contribution is 7.52. The molecule has 0 aliphatic carbocycles. The highest BCUT2D eigenvalue weighted by Crippen LogP contribution is 2.45. The Labute approximate surface area is 220 Å². The zero-order valence-corrected chi connectivity index (χ0v) is 23.7. The van der Waals surface area contributed by atoms with Crippen molar-refractivity contribution in [3.8, 4) is 17.2 Å². The van der Waals surface area contributed by atoms with Gasteiger partial charge in [-0.05, 0) is 19.1 Å². The van der Waals surface area contributed by atoms with Crippen LogP contribution >= 0.6 is 7.75 Å². The van der Waals surface area contributed by atoms with Crippen LogP contribution in [0.15, 0.2) is 46.1 Å². The fraction of sp³-hybridized carbons (Fsp3) is 0.458. The van der Waals surface area contributed by atoms with Crippen LogP contribution in [0.3, 0.4) is 0 Å². The molecule has 0 saturated carbocycles. The molecule has 0 spiro atoms. The highest BCUT2D eigenvalue weighted by Gasteiger charge is 2.39. The van der Waals surface area contributed by atoms with Gasteiger partial charge in [0.25, 0.3) is 5.56 Å². The number of carbonyl (C=O) groups excluding carboxylic acids is 1. The van der Waals surface area contributed by atoms with Gasteiger partial charge in [-0.1, -0.05) is 43.8 Å². The van der Waals surface area contributed by atoms with Gasteiger partial charge in [0.1, 0.15) is 37.8 Å². The average Bonchev–Trinajstić information content (AvgIpc) is 3.21. The maximum atomic E-state index is 13.5. The summed E-state index contributed by atoms with van der Waals surface area (Å²) in [5.41, 5.74) is 1.85. The second-order valence-electron chi connectivity index (χ2n) is 9.71. The van der Waals surface area contributed by atoms with Crippen LogP contribution in [0.25, 0.3) is 0 Å². The number of aliphatic hydroxyl groups excluding tert-OH is 1. The quantitative estimate of drug-likeness (QED) is 0.177. The minimum Gasteiger partial charge on any atom is -0.468 e. The van der Waals surface area contributed by atoms with E-state index in [1.54, 1.807) is 30.3 Å². The number of rotatable bonds is 9. The zero-order valence-electron chi connectivity index (χ0n) is 21.8. The topological polar surface area (TPSA) is 158 Å². The summed E-state index contributed by atoms with van der Waals surface area (Å²) in [6, 6.07) is 7.16. The Hall–Kier alpha value is -2.98. The number of methoxy groups -OCH3 is 1. The van der Waals surface area contributed by atoms with Crippen LogP contribution < -0.4 is 20.9 Å². The molecule has 1 aromatic carbocycles. The highest BCUT2D eigenvalue weighted by atomic mass is 31.2. The first kappa shape index (κ1) is 29.6. The van der Waals surface area contributed by atoms with Gasteiger partial charge in [-0.25, -0.2) is 9.36 Å². The van der Waals surface area contributed by atoms with E-state index in [1.807, 2.05) is 19.6 Å². The summed E-state index contributed by atoms with van der Waals surface area (Å²) in [7, 11) is -4.76. The number of hydrogen-bond donors (Lipinski definition) is 3. The van der Waals surface area contributed by atoms with Crippen molar-refractivity contribution in [1.29, 1.82) is 0 Å². The van der Waals surface area contributed by atoms with Crippen molar-refractivity contribution in [2.45, 2.75) is 57.5 Å². The molecule has 12 nitrogen and oxygen atoms in total. The Morgan fingerprint density at radius 2 is 2.00 bits per heavy atom. The molecule has 14 heteroatoms. The lowest BCUT2D eigenvalue weighted by Crippen LogP contribution is -2.36. The van der Waals surface area contributed by atoms with Gasteiger partial charge < -0.3 is 19.1 Å². The van der Waals surface area contributed by atoms with E-state index >= 15 is 0 Å². The lowest BCUT2D eigenvalue weighted by Gasteiger charge is -2.24. The van der Waals surface area contributed by atoms with Gasteiger partial charge in [0.15, 0.2) is 0 Å². The van der Waals surface area contributed by atoms with Gasteiger partial charge in [0.05, 0.1) is 19.8 Å². The number of nitrogens with zero attached hydrogens (tertiary/aromatic N) is 1. The third kappa shape index (κ3) is 8.01. The lowest BCUT2D eigenvalue weighted by molar-refractivity contribution is -0.142. The van der Waals surface area contributed by atoms with Crippen LogP contribution in [0.2, 0.25) is 19.6 Å². The molecule has 0 bridgehead atoms. The lowest BCUT2D eigenvalue weighted by atomic mass is 10.2. The Kier molecular flexibility index (Phi) is 9.53. The van der Waals surface area contributed by atoms with Crippen molar-refractivity contribution in [2.24, 2.45) is 0 Å². The molecule has 1 aliphatic rings. The first-order chi connectivity index (χ1) is 17.8. The molecule has 1 aliphatic heterocycles. The largest absolute Gasteiger partial charge is 0.468 e. The normalized spacial score (nSPS) is 21.6. The molecule has 5 atom stereocenters. The van der Waals surface area contributed by atoms with E-state index in [0.29, 0.717) is 0 Å². The third-order valence-corrected chi connectivity index (χ3v) is 7.86. The molecule has 3 N–H and O–H groups in total. The van der Waals surface area contributed by atoms with Gasteiger partial charge in [-0.15, -0.1) is 5.54 Å². The van der Waals surface area contributed by atoms with Gasteiger partial charge in [0, 0.05) is 12.6 Å². The Morgan fingerprint density at radius 3 is 2.63 bits per heavy atom. The van der Waals surface area contributed by atoms with E-state index in [1.165, 1.54) is 20.2 Å². The summed E-state index contributed by atoms with van der Waals surface area (Å²) >= 11 is 0. The monoisotopic (exact) mass is 565 g/mol. The second kappa shape index (κ2) is 12.3. The number of aromatic nitrogens is 2. The summed E-state index contributed by atoms with van der Waals surface area (Å²) in [6.07, 6.45) is -1.74. The molecular formula is C24H32N3O9PSi. The third-order valence-electron chi connectivity index (χ3n) is 5.34. The molecule has 3 rings (SSSR count). The molecule has 206 valence electrons. The Balaban J connectivity index is 1.78. The molecule has 38 heavy (non-hydrogen) atoms. The first-order valence-electron chi connectivity index (χ1n) is 11.9. The van der Waals surface area contributed by atoms with E-state index in [-0.39, 0.29) is 17.7 Å². The van der Waals surface area contributed by atoms with Crippen LogP contribution in [0.5, 0.6) is 5.75 Å². The molecule has 0 radical (unpaired) electrons. The van der Waals surface area contributed by atoms with Crippen molar-refractivity contribution in [2.75, 3.05) is 13.7 Å². The van der Waals surface area contributed by atoms with Crippen LogP contribution in [0.1, 0.15) is 25.1 Å². The van der Waals surface area contributed by atoms with Gasteiger partial charge >= 0.3 is 19.4 Å². The zero-order chi connectivity index (χ0) is 28.1. The van der Waals surface area contributed by atoms with Crippen LogP contribution in [0, 0.1) is 11.5 Å². The van der Waals surface area contributed by atoms with Gasteiger partial charge in [-0.2, -0.15) is 5.09 Å². The Bertz CT molecular complexity index is 1360. The summed E-state index contributed by atoms with van der Waals surface area (Å²) < 4.78 is 36.3. The number of benzene rings is 1. The van der Waals surface area contributed by atoms with E-state index < -0.39 is 64.1 Å². The SMILES string of the molecule is COC(=O)[C@H](C)NP(=O)(OCC1OC(n2cc(C#C[Si](C)(C)C)c(=O)[nH]c2=O)CC1O)Oc1ccccc1. The van der Waals surface area contributed by atoms with Gasteiger partial charge in [0.2, 0.25) is 0 Å². The molecule has 2 aromatic rings. The maximum absolute atomic E-state index is 13.5.